The Morgan fingerprint density at radius 2 is 2.41 bits per heavy atom. The predicted molar refractivity (Wildman–Crippen MR) is 61.9 cm³/mol. The zero-order chi connectivity index (χ0) is 12.3. The number of carbonyl (C=O) groups is 1. The first-order valence-corrected chi connectivity index (χ1v) is 5.87. The van der Waals surface area contributed by atoms with Gasteiger partial charge in [-0.15, -0.1) is 0 Å². The minimum Gasteiger partial charge on any atom is -0.464 e. The molecule has 0 aromatic heterocycles. The number of hydrogen-bond acceptors (Lipinski definition) is 3. The van der Waals surface area contributed by atoms with Gasteiger partial charge in [0.25, 0.3) is 0 Å². The summed E-state index contributed by atoms with van der Waals surface area (Å²) < 4.78 is 18.4. The van der Waals surface area contributed by atoms with Crippen molar-refractivity contribution >= 4 is 5.97 Å². The van der Waals surface area contributed by atoms with Crippen LogP contribution in [-0.4, -0.2) is 19.1 Å². The fourth-order valence-electron chi connectivity index (χ4n) is 2.29. The van der Waals surface area contributed by atoms with E-state index in [0.717, 1.165) is 13.0 Å². The van der Waals surface area contributed by atoms with Crippen LogP contribution >= 0.6 is 0 Å². The molecule has 1 unspecified atom stereocenters. The second-order valence-corrected chi connectivity index (χ2v) is 4.17. The van der Waals surface area contributed by atoms with Crippen LogP contribution in [0.25, 0.3) is 0 Å². The second kappa shape index (κ2) is 4.84. The zero-order valence-electron chi connectivity index (χ0n) is 9.83. The molecule has 3 nitrogen and oxygen atoms in total. The van der Waals surface area contributed by atoms with E-state index < -0.39 is 5.54 Å². The molecular formula is C13H16FNO2. The van der Waals surface area contributed by atoms with Crippen molar-refractivity contribution in [2.45, 2.75) is 25.3 Å². The number of nitrogens with one attached hydrogen (secondary N) is 1. The van der Waals surface area contributed by atoms with Crippen molar-refractivity contribution in [3.63, 3.8) is 0 Å². The topological polar surface area (TPSA) is 38.3 Å². The molecule has 1 aliphatic heterocycles. The summed E-state index contributed by atoms with van der Waals surface area (Å²) in [5.74, 6) is -0.650. The number of ether oxygens (including phenoxy) is 1. The van der Waals surface area contributed by atoms with Crippen LogP contribution in [0, 0.1) is 5.82 Å². The van der Waals surface area contributed by atoms with E-state index in [2.05, 4.69) is 5.32 Å². The van der Waals surface area contributed by atoms with Gasteiger partial charge in [-0.1, -0.05) is 12.1 Å². The van der Waals surface area contributed by atoms with Crippen LogP contribution in [0.1, 0.15) is 25.3 Å². The first-order valence-electron chi connectivity index (χ1n) is 5.87. The smallest absolute Gasteiger partial charge is 0.330 e. The lowest BCUT2D eigenvalue weighted by Gasteiger charge is -2.27. The maximum Gasteiger partial charge on any atom is 0.330 e. The Balaban J connectivity index is 2.37. The van der Waals surface area contributed by atoms with E-state index in [4.69, 9.17) is 4.74 Å². The van der Waals surface area contributed by atoms with Gasteiger partial charge >= 0.3 is 5.97 Å². The molecule has 2 rings (SSSR count). The molecular weight excluding hydrogens is 221 g/mol. The summed E-state index contributed by atoms with van der Waals surface area (Å²) in [7, 11) is 0. The normalized spacial score (nSPS) is 23.6. The highest BCUT2D eigenvalue weighted by Gasteiger charge is 2.44. The molecule has 0 saturated carbocycles. The summed E-state index contributed by atoms with van der Waals surface area (Å²) in [5.41, 5.74) is -0.216. The molecule has 1 aromatic rings. The van der Waals surface area contributed by atoms with Gasteiger partial charge in [-0.2, -0.15) is 0 Å². The monoisotopic (exact) mass is 237 g/mol. The molecule has 1 aromatic carbocycles. The Labute approximate surface area is 100.0 Å². The number of hydrogen-bond donors (Lipinski definition) is 1. The third kappa shape index (κ3) is 2.17. The number of carbonyl (C=O) groups excluding carboxylic acids is 1. The van der Waals surface area contributed by atoms with Crippen LogP contribution in [0.3, 0.4) is 0 Å². The molecule has 17 heavy (non-hydrogen) atoms. The molecule has 4 heteroatoms. The summed E-state index contributed by atoms with van der Waals surface area (Å²) in [5, 5.41) is 3.16. The standard InChI is InChI=1S/C13H16FNO2/c1-2-17-12(16)13(7-4-8-15-13)10-5-3-6-11(14)9-10/h3,5-6,9,15H,2,4,7-8H2,1H3. The quantitative estimate of drug-likeness (QED) is 0.817. The SMILES string of the molecule is CCOC(=O)C1(c2cccc(F)c2)CCCN1. The predicted octanol–water partition coefficient (Wildman–Crippen LogP) is 1.97. The Kier molecular flexibility index (Phi) is 3.43. The fraction of sp³-hybridized carbons (Fsp3) is 0.462. The second-order valence-electron chi connectivity index (χ2n) is 4.17. The Morgan fingerprint density at radius 1 is 1.59 bits per heavy atom. The van der Waals surface area contributed by atoms with E-state index in [-0.39, 0.29) is 11.8 Å². The molecule has 92 valence electrons. The molecule has 1 heterocycles. The molecule has 1 saturated heterocycles. The van der Waals surface area contributed by atoms with Crippen LogP contribution in [0.15, 0.2) is 24.3 Å². The molecule has 1 fully saturated rings. The number of rotatable bonds is 3. The van der Waals surface area contributed by atoms with Crippen molar-refractivity contribution < 1.29 is 13.9 Å². The summed E-state index contributed by atoms with van der Waals surface area (Å²) in [6, 6.07) is 6.15. The number of esters is 1. The van der Waals surface area contributed by atoms with Gasteiger partial charge in [0.1, 0.15) is 11.4 Å². The van der Waals surface area contributed by atoms with E-state index in [0.29, 0.717) is 18.6 Å². The highest BCUT2D eigenvalue weighted by Crippen LogP contribution is 2.32. The van der Waals surface area contributed by atoms with Crippen LogP contribution < -0.4 is 5.32 Å². The van der Waals surface area contributed by atoms with Crippen molar-refractivity contribution in [3.8, 4) is 0 Å². The van der Waals surface area contributed by atoms with Gasteiger partial charge in [-0.25, -0.2) is 9.18 Å². The van der Waals surface area contributed by atoms with E-state index in [1.165, 1.54) is 12.1 Å². The minimum absolute atomic E-state index is 0.317. The molecule has 0 amide bonds. The summed E-state index contributed by atoms with van der Waals surface area (Å²) >= 11 is 0. The van der Waals surface area contributed by atoms with Gasteiger partial charge in [-0.05, 0) is 44.0 Å². The summed E-state index contributed by atoms with van der Waals surface area (Å²) in [4.78, 5) is 12.1. The molecule has 1 aliphatic rings. The number of halogens is 1. The largest absolute Gasteiger partial charge is 0.464 e. The molecule has 0 bridgehead atoms. The van der Waals surface area contributed by atoms with Gasteiger partial charge < -0.3 is 4.74 Å². The lowest BCUT2D eigenvalue weighted by atomic mass is 9.88. The summed E-state index contributed by atoms with van der Waals surface area (Å²) in [6.07, 6.45) is 1.53. The highest BCUT2D eigenvalue weighted by molar-refractivity contribution is 5.83. The van der Waals surface area contributed by atoms with E-state index in [9.17, 15) is 9.18 Å². The van der Waals surface area contributed by atoms with E-state index in [1.54, 1.807) is 19.1 Å². The molecule has 0 spiro atoms. The van der Waals surface area contributed by atoms with E-state index in [1.807, 2.05) is 0 Å². The van der Waals surface area contributed by atoms with Crippen molar-refractivity contribution in [1.29, 1.82) is 0 Å². The Hall–Kier alpha value is -1.42. The third-order valence-electron chi connectivity index (χ3n) is 3.10. The van der Waals surface area contributed by atoms with Crippen molar-refractivity contribution in [1.82, 2.24) is 5.32 Å². The molecule has 0 radical (unpaired) electrons. The maximum absolute atomic E-state index is 13.3. The van der Waals surface area contributed by atoms with Gasteiger partial charge in [0, 0.05) is 0 Å². The lowest BCUT2D eigenvalue weighted by Crippen LogP contribution is -2.45. The van der Waals surface area contributed by atoms with Gasteiger partial charge in [0.05, 0.1) is 6.61 Å². The first-order chi connectivity index (χ1) is 8.19. The molecule has 1 atom stereocenters. The van der Waals surface area contributed by atoms with Crippen molar-refractivity contribution in [2.75, 3.05) is 13.2 Å². The van der Waals surface area contributed by atoms with Crippen LogP contribution in [0.5, 0.6) is 0 Å². The first kappa shape index (κ1) is 12.0. The fourth-order valence-corrected chi connectivity index (χ4v) is 2.29. The Morgan fingerprint density at radius 3 is 3.00 bits per heavy atom. The lowest BCUT2D eigenvalue weighted by molar-refractivity contribution is -0.151. The maximum atomic E-state index is 13.3. The van der Waals surface area contributed by atoms with Gasteiger partial charge in [-0.3, -0.25) is 5.32 Å². The van der Waals surface area contributed by atoms with Crippen LogP contribution in [-0.2, 0) is 15.1 Å². The molecule has 0 aliphatic carbocycles. The van der Waals surface area contributed by atoms with Crippen LogP contribution in [0.2, 0.25) is 0 Å². The van der Waals surface area contributed by atoms with Gasteiger partial charge in [0.15, 0.2) is 0 Å². The zero-order valence-corrected chi connectivity index (χ0v) is 9.83. The number of benzene rings is 1. The van der Waals surface area contributed by atoms with Gasteiger partial charge in [0.2, 0.25) is 0 Å². The van der Waals surface area contributed by atoms with Crippen molar-refractivity contribution in [3.05, 3.63) is 35.6 Å². The average molecular weight is 237 g/mol. The highest BCUT2D eigenvalue weighted by atomic mass is 19.1. The summed E-state index contributed by atoms with van der Waals surface area (Å²) in [6.45, 7) is 2.85. The third-order valence-corrected chi connectivity index (χ3v) is 3.10. The van der Waals surface area contributed by atoms with Crippen molar-refractivity contribution in [2.24, 2.45) is 0 Å². The minimum atomic E-state index is -0.863. The average Bonchev–Trinajstić information content (AvgIpc) is 2.79. The Bertz CT molecular complexity index is 414. The van der Waals surface area contributed by atoms with Crippen LogP contribution in [0.4, 0.5) is 4.39 Å². The molecule has 1 N–H and O–H groups in total. The van der Waals surface area contributed by atoms with E-state index >= 15 is 0 Å².